The van der Waals surface area contributed by atoms with Crippen molar-refractivity contribution in [3.8, 4) is 0 Å². The largest absolute Gasteiger partial charge is 0.388 e. The van der Waals surface area contributed by atoms with Crippen LogP contribution in [0.5, 0.6) is 0 Å². The Balaban J connectivity index is 2.30. The van der Waals surface area contributed by atoms with Gasteiger partial charge in [0.1, 0.15) is 0 Å². The van der Waals surface area contributed by atoms with E-state index in [2.05, 4.69) is 0 Å². The summed E-state index contributed by atoms with van der Waals surface area (Å²) in [5, 5.41) is 10.5. The second kappa shape index (κ2) is 9.49. The molecule has 7 nitrogen and oxygen atoms in total. The van der Waals surface area contributed by atoms with Crippen molar-refractivity contribution in [1.29, 1.82) is 0 Å². The van der Waals surface area contributed by atoms with Crippen LogP contribution in [0.25, 0.3) is 0 Å². The van der Waals surface area contributed by atoms with Gasteiger partial charge in [0.25, 0.3) is 15.9 Å². The molecule has 2 rings (SSSR count). The number of amides is 1. The van der Waals surface area contributed by atoms with Gasteiger partial charge in [-0.05, 0) is 43.2 Å². The van der Waals surface area contributed by atoms with Gasteiger partial charge in [-0.2, -0.15) is 0 Å². The highest BCUT2D eigenvalue weighted by Gasteiger charge is 2.27. The molecule has 29 heavy (non-hydrogen) atoms. The maximum Gasteiger partial charge on any atom is 0.264 e. The summed E-state index contributed by atoms with van der Waals surface area (Å²) in [5.41, 5.74) is 0.245. The number of carbonyl (C=O) groups is 1. The molecule has 0 aromatic heterocycles. The van der Waals surface area contributed by atoms with E-state index in [0.29, 0.717) is 18.5 Å². The summed E-state index contributed by atoms with van der Waals surface area (Å²) in [7, 11) is -1.23. The zero-order valence-electron chi connectivity index (χ0n) is 17.2. The molecule has 0 saturated heterocycles. The highest BCUT2D eigenvalue weighted by atomic mass is 32.2. The minimum atomic E-state index is -3.79. The van der Waals surface area contributed by atoms with Crippen molar-refractivity contribution < 1.29 is 23.2 Å². The number of carbonyl (C=O) groups excluding carboxylic acids is 1. The molecular formula is C21H28N2O5S. The quantitative estimate of drug-likeness (QED) is 0.630. The molecule has 1 atom stereocenters. The topological polar surface area (TPSA) is 87.2 Å². The number of hydrogen-bond donors (Lipinski definition) is 1. The Morgan fingerprint density at radius 1 is 1.10 bits per heavy atom. The lowest BCUT2D eigenvalue weighted by Gasteiger charge is -2.31. The van der Waals surface area contributed by atoms with Crippen LogP contribution >= 0.6 is 0 Å². The van der Waals surface area contributed by atoms with Crippen LogP contribution in [0, 0.1) is 0 Å². The summed E-state index contributed by atoms with van der Waals surface area (Å²) in [6.45, 7) is 4.04. The maximum absolute atomic E-state index is 13.1. The Labute approximate surface area is 172 Å². The Kier molecular flexibility index (Phi) is 7.54. The SMILES string of the molecule is CCC(C)(O)CN(Cc1ccccc1)C(=O)c1ccc(S(=O)(=O)N(C)OC)cc1. The van der Waals surface area contributed by atoms with E-state index in [1.165, 1.54) is 38.4 Å². The van der Waals surface area contributed by atoms with Gasteiger partial charge in [0.05, 0.1) is 17.6 Å². The summed E-state index contributed by atoms with van der Waals surface area (Å²) >= 11 is 0. The van der Waals surface area contributed by atoms with Gasteiger partial charge in [0.2, 0.25) is 0 Å². The fourth-order valence-corrected chi connectivity index (χ4v) is 3.70. The standard InChI is InChI=1S/C21H28N2O5S/c1-5-21(2,25)16-23(15-17-9-7-6-8-10-17)20(24)18-11-13-19(14-12-18)29(26,27)22(3)28-4/h6-14,25H,5,15-16H2,1-4H3. The van der Waals surface area contributed by atoms with Crippen molar-refractivity contribution in [2.24, 2.45) is 0 Å². The zero-order chi connectivity index (χ0) is 21.7. The minimum absolute atomic E-state index is 0.0218. The molecule has 0 fully saturated rings. The first kappa shape index (κ1) is 23.0. The van der Waals surface area contributed by atoms with Crippen LogP contribution in [0.1, 0.15) is 36.2 Å². The number of benzene rings is 2. The molecule has 2 aromatic rings. The maximum atomic E-state index is 13.1. The summed E-state index contributed by atoms with van der Waals surface area (Å²) in [6.07, 6.45) is 0.492. The van der Waals surface area contributed by atoms with Crippen LogP contribution in [-0.2, 0) is 21.4 Å². The lowest BCUT2D eigenvalue weighted by molar-refractivity contribution is -0.0258. The molecule has 1 unspecified atom stereocenters. The van der Waals surface area contributed by atoms with E-state index in [9.17, 15) is 18.3 Å². The van der Waals surface area contributed by atoms with E-state index in [-0.39, 0.29) is 17.3 Å². The molecule has 0 aliphatic carbocycles. The zero-order valence-corrected chi connectivity index (χ0v) is 18.0. The summed E-state index contributed by atoms with van der Waals surface area (Å²) in [4.78, 5) is 19.5. The van der Waals surface area contributed by atoms with Crippen molar-refractivity contribution in [2.75, 3.05) is 20.7 Å². The van der Waals surface area contributed by atoms with E-state index in [0.717, 1.165) is 10.0 Å². The minimum Gasteiger partial charge on any atom is -0.388 e. The number of hydrogen-bond acceptors (Lipinski definition) is 5. The molecule has 2 aromatic carbocycles. The summed E-state index contributed by atoms with van der Waals surface area (Å²) in [6, 6.07) is 15.2. The van der Waals surface area contributed by atoms with E-state index >= 15 is 0 Å². The Bertz CT molecular complexity index is 912. The fourth-order valence-electron chi connectivity index (χ4n) is 2.72. The molecule has 1 amide bonds. The van der Waals surface area contributed by atoms with Gasteiger partial charge in [-0.15, -0.1) is 0 Å². The molecule has 0 heterocycles. The predicted octanol–water partition coefficient (Wildman–Crippen LogP) is 2.67. The monoisotopic (exact) mass is 420 g/mol. The molecule has 0 saturated carbocycles. The predicted molar refractivity (Wildman–Crippen MR) is 110 cm³/mol. The smallest absolute Gasteiger partial charge is 0.264 e. The van der Waals surface area contributed by atoms with E-state index < -0.39 is 15.6 Å². The first-order chi connectivity index (χ1) is 13.6. The molecule has 8 heteroatoms. The second-order valence-electron chi connectivity index (χ2n) is 7.12. The Morgan fingerprint density at radius 3 is 2.21 bits per heavy atom. The van der Waals surface area contributed by atoms with Crippen LogP contribution < -0.4 is 0 Å². The van der Waals surface area contributed by atoms with Crippen molar-refractivity contribution in [2.45, 2.75) is 37.3 Å². The van der Waals surface area contributed by atoms with Crippen molar-refractivity contribution in [3.63, 3.8) is 0 Å². The normalized spacial score (nSPS) is 13.9. The fraction of sp³-hybridized carbons (Fsp3) is 0.381. The Morgan fingerprint density at radius 2 is 1.69 bits per heavy atom. The molecule has 0 aliphatic rings. The van der Waals surface area contributed by atoms with Crippen molar-refractivity contribution in [3.05, 3.63) is 65.7 Å². The van der Waals surface area contributed by atoms with E-state index in [1.54, 1.807) is 11.8 Å². The molecule has 1 N–H and O–H groups in total. The van der Waals surface area contributed by atoms with Gasteiger partial charge >= 0.3 is 0 Å². The average Bonchev–Trinajstić information content (AvgIpc) is 2.72. The number of aliphatic hydroxyl groups is 1. The number of rotatable bonds is 9. The lowest BCUT2D eigenvalue weighted by atomic mass is 10.0. The average molecular weight is 421 g/mol. The summed E-state index contributed by atoms with van der Waals surface area (Å²) < 4.78 is 25.4. The first-order valence-electron chi connectivity index (χ1n) is 9.29. The molecule has 0 spiro atoms. The van der Waals surface area contributed by atoms with Crippen LogP contribution in [0.15, 0.2) is 59.5 Å². The highest BCUT2D eigenvalue weighted by molar-refractivity contribution is 7.89. The van der Waals surface area contributed by atoms with Gasteiger partial charge < -0.3 is 10.0 Å². The van der Waals surface area contributed by atoms with Crippen LogP contribution in [0.4, 0.5) is 0 Å². The van der Waals surface area contributed by atoms with Gasteiger partial charge in [0, 0.05) is 25.7 Å². The third kappa shape index (κ3) is 5.86. The van der Waals surface area contributed by atoms with Crippen LogP contribution in [-0.4, -0.2) is 55.1 Å². The number of nitrogens with zero attached hydrogens (tertiary/aromatic N) is 2. The molecule has 158 valence electrons. The van der Waals surface area contributed by atoms with Crippen molar-refractivity contribution >= 4 is 15.9 Å². The first-order valence-corrected chi connectivity index (χ1v) is 10.7. The molecular weight excluding hydrogens is 392 g/mol. The Hall–Kier alpha value is -2.26. The third-order valence-electron chi connectivity index (χ3n) is 4.79. The lowest BCUT2D eigenvalue weighted by Crippen LogP contribution is -2.43. The molecule has 0 radical (unpaired) electrons. The van der Waals surface area contributed by atoms with Crippen LogP contribution in [0.3, 0.4) is 0 Å². The summed E-state index contributed by atoms with van der Waals surface area (Å²) in [5.74, 6) is -0.286. The third-order valence-corrected chi connectivity index (χ3v) is 6.49. The van der Waals surface area contributed by atoms with E-state index in [1.807, 2.05) is 37.3 Å². The second-order valence-corrected chi connectivity index (χ2v) is 9.05. The highest BCUT2D eigenvalue weighted by Crippen LogP contribution is 2.19. The number of hydroxylamine groups is 1. The number of sulfonamides is 1. The van der Waals surface area contributed by atoms with E-state index in [4.69, 9.17) is 4.84 Å². The molecule has 0 bridgehead atoms. The molecule has 0 aliphatic heterocycles. The van der Waals surface area contributed by atoms with Gasteiger partial charge in [-0.3, -0.25) is 9.63 Å². The van der Waals surface area contributed by atoms with Crippen molar-refractivity contribution in [1.82, 2.24) is 9.37 Å². The van der Waals surface area contributed by atoms with Gasteiger partial charge in [0.15, 0.2) is 0 Å². The van der Waals surface area contributed by atoms with Gasteiger partial charge in [-0.25, -0.2) is 8.42 Å². The van der Waals surface area contributed by atoms with Crippen LogP contribution in [0.2, 0.25) is 0 Å². The van der Waals surface area contributed by atoms with Gasteiger partial charge in [-0.1, -0.05) is 41.7 Å².